The van der Waals surface area contributed by atoms with Crippen LogP contribution in [-0.4, -0.2) is 63.7 Å². The minimum atomic E-state index is -3.76. The van der Waals surface area contributed by atoms with Crippen molar-refractivity contribution in [1.82, 2.24) is 8.87 Å². The van der Waals surface area contributed by atoms with Crippen LogP contribution in [0.5, 0.6) is 0 Å². The van der Waals surface area contributed by atoms with Gasteiger partial charge in [0.25, 0.3) is 5.91 Å². The van der Waals surface area contributed by atoms with E-state index in [4.69, 9.17) is 9.47 Å². The molecule has 1 aromatic heterocycles. The number of rotatable bonds is 11. The van der Waals surface area contributed by atoms with Crippen molar-refractivity contribution in [2.75, 3.05) is 40.5 Å². The maximum Gasteiger partial charge on any atom is 0.279 e. The molecule has 10 heteroatoms. The molecule has 8 nitrogen and oxygen atoms in total. The molecule has 0 N–H and O–H groups in total. The van der Waals surface area contributed by atoms with Crippen molar-refractivity contribution in [3.8, 4) is 0 Å². The molecule has 0 unspecified atom stereocenters. The molecule has 0 saturated heterocycles. The van der Waals surface area contributed by atoms with Gasteiger partial charge < -0.3 is 14.0 Å². The summed E-state index contributed by atoms with van der Waals surface area (Å²) in [7, 11) is -0.732. The second-order valence-electron chi connectivity index (χ2n) is 7.08. The highest BCUT2D eigenvalue weighted by molar-refractivity contribution is 7.89. The highest BCUT2D eigenvalue weighted by Crippen LogP contribution is 2.19. The molecule has 1 heterocycles. The number of fused-ring (bicyclic) bond motifs is 1. The summed E-state index contributed by atoms with van der Waals surface area (Å²) in [4.78, 5) is 17.8. The Labute approximate surface area is 197 Å². The maximum absolute atomic E-state index is 13.0. The lowest BCUT2D eigenvalue weighted by molar-refractivity contribution is 0.0997. The van der Waals surface area contributed by atoms with Gasteiger partial charge in [0.05, 0.1) is 28.3 Å². The Bertz CT molecular complexity index is 1270. The van der Waals surface area contributed by atoms with Crippen LogP contribution in [0.25, 0.3) is 10.2 Å². The summed E-state index contributed by atoms with van der Waals surface area (Å²) >= 11 is 1.41. The van der Waals surface area contributed by atoms with Gasteiger partial charge in [0.1, 0.15) is 0 Å². The average molecular weight is 490 g/mol. The number of hydrogen-bond donors (Lipinski definition) is 0. The largest absolute Gasteiger partial charge is 0.383 e. The van der Waals surface area contributed by atoms with Crippen LogP contribution in [0.2, 0.25) is 0 Å². The summed E-state index contributed by atoms with van der Waals surface area (Å²) in [6.45, 7) is 5.23. The third kappa shape index (κ3) is 5.84. The number of hydrogen-bond acceptors (Lipinski definition) is 6. The SMILES string of the molecule is C=CCn1c(=NC(=O)c2ccc(S(=O)(=O)N(CCOC)CCOC)cc2)sc2ccccc21. The molecule has 0 aliphatic carbocycles. The van der Waals surface area contributed by atoms with Crippen LogP contribution < -0.4 is 4.80 Å². The van der Waals surface area contributed by atoms with E-state index in [0.717, 1.165) is 10.2 Å². The minimum absolute atomic E-state index is 0.0924. The van der Waals surface area contributed by atoms with Crippen molar-refractivity contribution in [2.45, 2.75) is 11.4 Å². The molecule has 3 rings (SSSR count). The van der Waals surface area contributed by atoms with Gasteiger partial charge in [-0.2, -0.15) is 9.30 Å². The number of carbonyl (C=O) groups excluding carboxylic acids is 1. The highest BCUT2D eigenvalue weighted by Gasteiger charge is 2.24. The standard InChI is InChI=1S/C23H27N3O5S2/c1-4-13-26-20-7-5-6-8-21(20)32-23(26)24-22(27)18-9-11-19(12-10-18)33(28,29)25(14-16-30-2)15-17-31-3/h4-12H,1,13-17H2,2-3H3. The zero-order valence-electron chi connectivity index (χ0n) is 18.6. The molecule has 0 fully saturated rings. The number of ether oxygens (including phenoxy) is 2. The number of allylic oxidation sites excluding steroid dienone is 1. The number of benzene rings is 2. The summed E-state index contributed by atoms with van der Waals surface area (Å²) in [5.74, 6) is -0.445. The van der Waals surface area contributed by atoms with Gasteiger partial charge in [0, 0.05) is 39.4 Å². The molecule has 33 heavy (non-hydrogen) atoms. The number of thiazole rings is 1. The van der Waals surface area contributed by atoms with E-state index < -0.39 is 15.9 Å². The van der Waals surface area contributed by atoms with Crippen LogP contribution >= 0.6 is 11.3 Å². The summed E-state index contributed by atoms with van der Waals surface area (Å²) in [6.07, 6.45) is 1.75. The molecule has 0 spiro atoms. The second-order valence-corrected chi connectivity index (χ2v) is 10.0. The van der Waals surface area contributed by atoms with Gasteiger partial charge in [-0.15, -0.1) is 6.58 Å². The Hall–Kier alpha value is -2.63. The zero-order chi connectivity index (χ0) is 23.8. The number of para-hydroxylation sites is 1. The Kier molecular flexibility index (Phi) is 8.70. The van der Waals surface area contributed by atoms with Crippen LogP contribution in [0.15, 0.2) is 71.1 Å². The molecule has 0 bridgehead atoms. The van der Waals surface area contributed by atoms with Crippen LogP contribution in [0.4, 0.5) is 0 Å². The van der Waals surface area contributed by atoms with E-state index in [1.807, 2.05) is 28.8 Å². The van der Waals surface area contributed by atoms with Crippen molar-refractivity contribution in [2.24, 2.45) is 4.99 Å². The lowest BCUT2D eigenvalue weighted by Crippen LogP contribution is -2.36. The normalized spacial score (nSPS) is 12.5. The summed E-state index contributed by atoms with van der Waals surface area (Å²) in [5.41, 5.74) is 1.28. The van der Waals surface area contributed by atoms with Crippen molar-refractivity contribution < 1.29 is 22.7 Å². The van der Waals surface area contributed by atoms with Crippen LogP contribution in [-0.2, 0) is 26.0 Å². The maximum atomic E-state index is 13.0. The van der Waals surface area contributed by atoms with Crippen LogP contribution in [0.1, 0.15) is 10.4 Å². The fourth-order valence-corrected chi connectivity index (χ4v) is 5.67. The molecule has 0 aliphatic heterocycles. The Morgan fingerprint density at radius 2 is 1.73 bits per heavy atom. The molecular weight excluding hydrogens is 462 g/mol. The molecule has 0 atom stereocenters. The average Bonchev–Trinajstić information content (AvgIpc) is 3.16. The Morgan fingerprint density at radius 1 is 1.09 bits per heavy atom. The van der Waals surface area contributed by atoms with Crippen LogP contribution in [0.3, 0.4) is 0 Å². The fourth-order valence-electron chi connectivity index (χ4n) is 3.22. The number of aromatic nitrogens is 1. The zero-order valence-corrected chi connectivity index (χ0v) is 20.3. The van der Waals surface area contributed by atoms with Crippen molar-refractivity contribution in [3.63, 3.8) is 0 Å². The van der Waals surface area contributed by atoms with E-state index in [1.54, 1.807) is 6.08 Å². The quantitative estimate of drug-likeness (QED) is 0.386. The number of nitrogens with zero attached hydrogens (tertiary/aromatic N) is 3. The first-order chi connectivity index (χ1) is 15.9. The lowest BCUT2D eigenvalue weighted by atomic mass is 10.2. The monoisotopic (exact) mass is 489 g/mol. The van der Waals surface area contributed by atoms with E-state index in [0.29, 0.717) is 16.9 Å². The van der Waals surface area contributed by atoms with E-state index >= 15 is 0 Å². The van der Waals surface area contributed by atoms with E-state index in [-0.39, 0.29) is 31.2 Å². The topological polar surface area (TPSA) is 90.2 Å². The summed E-state index contributed by atoms with van der Waals surface area (Å²) in [5, 5.41) is 0. The van der Waals surface area contributed by atoms with Crippen LogP contribution in [0, 0.1) is 0 Å². The summed E-state index contributed by atoms with van der Waals surface area (Å²) in [6, 6.07) is 13.6. The molecular formula is C23H27N3O5S2. The predicted octanol–water partition coefficient (Wildman–Crippen LogP) is 2.91. The summed E-state index contributed by atoms with van der Waals surface area (Å²) < 4.78 is 40.4. The molecule has 2 aromatic carbocycles. The third-order valence-corrected chi connectivity index (χ3v) is 7.90. The highest BCUT2D eigenvalue weighted by atomic mass is 32.2. The van der Waals surface area contributed by atoms with Gasteiger partial charge >= 0.3 is 0 Å². The molecule has 3 aromatic rings. The first kappa shape index (κ1) is 25.0. The Balaban J connectivity index is 1.89. The third-order valence-electron chi connectivity index (χ3n) is 4.93. The molecule has 0 radical (unpaired) electrons. The lowest BCUT2D eigenvalue weighted by Gasteiger charge is -2.21. The number of carbonyl (C=O) groups is 1. The Morgan fingerprint density at radius 3 is 2.33 bits per heavy atom. The molecule has 0 saturated carbocycles. The van der Waals surface area contributed by atoms with Gasteiger partial charge in [-0.1, -0.05) is 29.5 Å². The van der Waals surface area contributed by atoms with E-state index in [9.17, 15) is 13.2 Å². The van der Waals surface area contributed by atoms with Gasteiger partial charge in [0.15, 0.2) is 4.80 Å². The molecule has 176 valence electrons. The van der Waals surface area contributed by atoms with Crippen molar-refractivity contribution in [1.29, 1.82) is 0 Å². The smallest absolute Gasteiger partial charge is 0.279 e. The first-order valence-electron chi connectivity index (χ1n) is 10.3. The van der Waals surface area contributed by atoms with Gasteiger partial charge in [-0.25, -0.2) is 8.42 Å². The van der Waals surface area contributed by atoms with E-state index in [2.05, 4.69) is 11.6 Å². The van der Waals surface area contributed by atoms with Gasteiger partial charge in [-0.05, 0) is 36.4 Å². The predicted molar refractivity (Wildman–Crippen MR) is 129 cm³/mol. The first-order valence-corrected chi connectivity index (χ1v) is 12.5. The van der Waals surface area contributed by atoms with Crippen molar-refractivity contribution >= 4 is 37.5 Å². The van der Waals surface area contributed by atoms with Crippen molar-refractivity contribution in [3.05, 3.63) is 71.6 Å². The minimum Gasteiger partial charge on any atom is -0.383 e. The molecule has 1 amide bonds. The number of methoxy groups -OCH3 is 2. The number of amides is 1. The van der Waals surface area contributed by atoms with E-state index in [1.165, 1.54) is 54.1 Å². The van der Waals surface area contributed by atoms with Gasteiger partial charge in [-0.3, -0.25) is 4.79 Å². The van der Waals surface area contributed by atoms with Gasteiger partial charge in [0.2, 0.25) is 10.0 Å². The molecule has 0 aliphatic rings. The fraction of sp³-hybridized carbons (Fsp3) is 0.304. The second kappa shape index (κ2) is 11.5. The number of sulfonamides is 1.